The Morgan fingerprint density at radius 3 is 1.48 bits per heavy atom. The van der Waals surface area contributed by atoms with Gasteiger partial charge in [0, 0.05) is 5.69 Å². The lowest BCUT2D eigenvalue weighted by Gasteiger charge is -2.23. The summed E-state index contributed by atoms with van der Waals surface area (Å²) in [5.41, 5.74) is 5.08. The van der Waals surface area contributed by atoms with E-state index in [1.165, 1.54) is 12.1 Å². The molecule has 2 aromatic rings. The Bertz CT molecular complexity index is 632. The fraction of sp³-hybridized carbons (Fsp3) is 0.200. The maximum Gasteiger partial charge on any atom is 0.404 e. The number of ether oxygens (including phenoxy) is 1. The molecule has 0 atom stereocenters. The molecule has 0 aliphatic carbocycles. The molecule has 0 saturated heterocycles. The van der Waals surface area contributed by atoms with Gasteiger partial charge >= 0.3 is 12.4 Å². The van der Waals surface area contributed by atoms with Gasteiger partial charge in [0.2, 0.25) is 0 Å². The normalized spacial score (nSPS) is 12.5. The molecule has 2 rings (SSSR count). The van der Waals surface area contributed by atoms with Crippen LogP contribution in [0.2, 0.25) is 0 Å². The molecular weight excluding hydrogens is 324 g/mol. The minimum absolute atomic E-state index is 0.113. The summed E-state index contributed by atoms with van der Waals surface area (Å²) >= 11 is 0. The van der Waals surface area contributed by atoms with Crippen LogP contribution in [0.5, 0.6) is 11.5 Å². The minimum Gasteiger partial charge on any atom is -0.457 e. The molecule has 0 radical (unpaired) electrons. The highest BCUT2D eigenvalue weighted by Crippen LogP contribution is 2.46. The number of rotatable bonds is 3. The molecule has 23 heavy (non-hydrogen) atoms. The number of alkyl halides is 6. The molecule has 0 saturated carbocycles. The molecule has 0 amide bonds. The summed E-state index contributed by atoms with van der Waals surface area (Å²) < 4.78 is 81.1. The number of nitrogens with two attached hydrogens (primary N) is 1. The maximum atomic E-state index is 12.6. The van der Waals surface area contributed by atoms with Crippen LogP contribution in [0, 0.1) is 0 Å². The lowest BCUT2D eigenvalue weighted by Crippen LogP contribution is -2.34. The van der Waals surface area contributed by atoms with Gasteiger partial charge in [0.1, 0.15) is 11.5 Å². The number of nitrogen functional groups attached to an aromatic ring is 1. The fourth-order valence-corrected chi connectivity index (χ4v) is 1.96. The average Bonchev–Trinajstić information content (AvgIpc) is 2.40. The van der Waals surface area contributed by atoms with E-state index in [-0.39, 0.29) is 5.75 Å². The van der Waals surface area contributed by atoms with Crippen molar-refractivity contribution in [1.29, 1.82) is 0 Å². The molecular formula is C15H11F6NO. The zero-order chi connectivity index (χ0) is 17.3. The Morgan fingerprint density at radius 2 is 1.09 bits per heavy atom. The van der Waals surface area contributed by atoms with E-state index < -0.39 is 23.8 Å². The molecule has 2 N–H and O–H groups in total. The number of hydrogen-bond donors (Lipinski definition) is 1. The highest BCUT2D eigenvalue weighted by atomic mass is 19.4. The van der Waals surface area contributed by atoms with Gasteiger partial charge in [-0.05, 0) is 42.0 Å². The summed E-state index contributed by atoms with van der Waals surface area (Å²) in [6.07, 6.45) is -10.8. The number of anilines is 1. The number of halogens is 6. The van der Waals surface area contributed by atoms with E-state index in [2.05, 4.69) is 0 Å². The van der Waals surface area contributed by atoms with E-state index in [0.29, 0.717) is 11.4 Å². The van der Waals surface area contributed by atoms with Crippen molar-refractivity contribution in [2.45, 2.75) is 18.3 Å². The zero-order valence-electron chi connectivity index (χ0n) is 11.4. The predicted octanol–water partition coefficient (Wildman–Crippen LogP) is 5.27. The van der Waals surface area contributed by atoms with Gasteiger partial charge in [-0.2, -0.15) is 26.3 Å². The summed E-state index contributed by atoms with van der Waals surface area (Å²) in [6.45, 7) is 0. The summed E-state index contributed by atoms with van der Waals surface area (Å²) in [4.78, 5) is 0. The predicted molar refractivity (Wildman–Crippen MR) is 72.2 cm³/mol. The Hall–Kier alpha value is -2.38. The molecule has 8 heteroatoms. The van der Waals surface area contributed by atoms with E-state index in [0.717, 1.165) is 24.3 Å². The van der Waals surface area contributed by atoms with Gasteiger partial charge in [-0.15, -0.1) is 0 Å². The summed E-state index contributed by atoms with van der Waals surface area (Å²) in [6, 6.07) is 9.75. The van der Waals surface area contributed by atoms with Crippen molar-refractivity contribution in [2.24, 2.45) is 0 Å². The molecule has 124 valence electrons. The third kappa shape index (κ3) is 4.30. The van der Waals surface area contributed by atoms with Crippen LogP contribution >= 0.6 is 0 Å². The Morgan fingerprint density at radius 1 is 0.696 bits per heavy atom. The quantitative estimate of drug-likeness (QED) is 0.613. The van der Waals surface area contributed by atoms with Crippen molar-refractivity contribution >= 4 is 5.69 Å². The van der Waals surface area contributed by atoms with Crippen molar-refractivity contribution < 1.29 is 31.1 Å². The van der Waals surface area contributed by atoms with Crippen molar-refractivity contribution in [2.75, 3.05) is 5.73 Å². The van der Waals surface area contributed by atoms with Crippen molar-refractivity contribution in [3.8, 4) is 11.5 Å². The van der Waals surface area contributed by atoms with Crippen molar-refractivity contribution in [1.82, 2.24) is 0 Å². The van der Waals surface area contributed by atoms with Crippen LogP contribution in [0.4, 0.5) is 32.0 Å². The second kappa shape index (κ2) is 6.02. The van der Waals surface area contributed by atoms with Crippen molar-refractivity contribution in [3.63, 3.8) is 0 Å². The van der Waals surface area contributed by atoms with Gasteiger partial charge in [0.05, 0.1) is 0 Å². The minimum atomic E-state index is -5.42. The molecule has 0 heterocycles. The topological polar surface area (TPSA) is 35.2 Å². The van der Waals surface area contributed by atoms with E-state index >= 15 is 0 Å². The van der Waals surface area contributed by atoms with Gasteiger partial charge in [-0.1, -0.05) is 12.1 Å². The second-order valence-corrected chi connectivity index (χ2v) is 4.76. The first kappa shape index (κ1) is 17.0. The molecule has 2 nitrogen and oxygen atoms in total. The SMILES string of the molecule is Nc1ccc(Oc2ccc(C(C(F)(F)F)C(F)(F)F)cc2)cc1. The van der Waals surface area contributed by atoms with Gasteiger partial charge in [-0.3, -0.25) is 0 Å². The number of hydrogen-bond acceptors (Lipinski definition) is 2. The molecule has 0 aromatic heterocycles. The van der Waals surface area contributed by atoms with Gasteiger partial charge in [0.25, 0.3) is 0 Å². The van der Waals surface area contributed by atoms with E-state index in [1.807, 2.05) is 0 Å². The van der Waals surface area contributed by atoms with Crippen LogP contribution in [0.25, 0.3) is 0 Å². The van der Waals surface area contributed by atoms with E-state index in [4.69, 9.17) is 10.5 Å². The van der Waals surface area contributed by atoms with Crippen LogP contribution < -0.4 is 10.5 Å². The monoisotopic (exact) mass is 335 g/mol. The molecule has 0 bridgehead atoms. The first-order valence-electron chi connectivity index (χ1n) is 6.34. The Kier molecular flexibility index (Phi) is 4.44. The second-order valence-electron chi connectivity index (χ2n) is 4.76. The largest absolute Gasteiger partial charge is 0.457 e. The van der Waals surface area contributed by atoms with Crippen LogP contribution in [-0.4, -0.2) is 12.4 Å². The lowest BCUT2D eigenvalue weighted by molar-refractivity contribution is -0.253. The van der Waals surface area contributed by atoms with Gasteiger partial charge in [-0.25, -0.2) is 0 Å². The maximum absolute atomic E-state index is 12.6. The van der Waals surface area contributed by atoms with E-state index in [9.17, 15) is 26.3 Å². The molecule has 0 unspecified atom stereocenters. The molecule has 0 aliphatic rings. The number of benzene rings is 2. The van der Waals surface area contributed by atoms with Crippen LogP contribution in [-0.2, 0) is 0 Å². The highest BCUT2D eigenvalue weighted by Gasteiger charge is 2.57. The Labute approximate surface area is 127 Å². The third-order valence-electron chi connectivity index (χ3n) is 2.98. The average molecular weight is 335 g/mol. The molecule has 0 fully saturated rings. The summed E-state index contributed by atoms with van der Waals surface area (Å²) in [5.74, 6) is -3.06. The van der Waals surface area contributed by atoms with Gasteiger partial charge in [0.15, 0.2) is 5.92 Å². The summed E-state index contributed by atoms with van der Waals surface area (Å²) in [5, 5.41) is 0. The first-order valence-corrected chi connectivity index (χ1v) is 6.34. The molecule has 0 spiro atoms. The smallest absolute Gasteiger partial charge is 0.404 e. The first-order chi connectivity index (χ1) is 10.6. The van der Waals surface area contributed by atoms with Gasteiger partial charge < -0.3 is 10.5 Å². The highest BCUT2D eigenvalue weighted by molar-refractivity contribution is 5.43. The Balaban J connectivity index is 2.22. The fourth-order valence-electron chi connectivity index (χ4n) is 1.96. The van der Waals surface area contributed by atoms with E-state index in [1.54, 1.807) is 12.1 Å². The zero-order valence-corrected chi connectivity index (χ0v) is 11.4. The van der Waals surface area contributed by atoms with Crippen molar-refractivity contribution in [3.05, 3.63) is 54.1 Å². The standard InChI is InChI=1S/C15H11F6NO/c16-14(17,18)13(15(19,20)21)9-1-5-11(6-2-9)23-12-7-3-10(22)4-8-12/h1-8,13H,22H2. The molecule has 0 aliphatic heterocycles. The van der Waals surface area contributed by atoms with Crippen LogP contribution in [0.1, 0.15) is 11.5 Å². The molecule has 2 aromatic carbocycles. The van der Waals surface area contributed by atoms with Crippen LogP contribution in [0.15, 0.2) is 48.5 Å². The lowest BCUT2D eigenvalue weighted by atomic mass is 9.98. The summed E-state index contributed by atoms with van der Waals surface area (Å²) in [7, 11) is 0. The van der Waals surface area contributed by atoms with Crippen LogP contribution in [0.3, 0.4) is 0 Å². The third-order valence-corrected chi connectivity index (χ3v) is 2.98.